The fraction of sp³-hybridized carbons (Fsp3) is 0.125. The first kappa shape index (κ1) is 16.2. The van der Waals surface area contributed by atoms with E-state index < -0.39 is 5.97 Å². The number of carbonyl (C=O) groups is 2. The van der Waals surface area contributed by atoms with Gasteiger partial charge in [0.05, 0.1) is 0 Å². The molecule has 0 aliphatic heterocycles. The van der Waals surface area contributed by atoms with E-state index in [0.29, 0.717) is 12.2 Å². The molecule has 0 bridgehead atoms. The highest BCUT2D eigenvalue weighted by molar-refractivity contribution is 5.90. The van der Waals surface area contributed by atoms with Crippen molar-refractivity contribution in [1.29, 1.82) is 0 Å². The smallest absolute Gasteiger partial charge is 0.339 e. The average molecular weight is 288 g/mol. The van der Waals surface area contributed by atoms with Crippen LogP contribution >= 0.6 is 0 Å². The molecular weight excluding hydrogens is 272 g/mol. The van der Waals surface area contributed by atoms with Gasteiger partial charge in [0.15, 0.2) is 0 Å². The van der Waals surface area contributed by atoms with E-state index in [1.807, 2.05) is 18.2 Å². The molecule has 0 aliphatic carbocycles. The number of rotatable bonds is 3. The summed E-state index contributed by atoms with van der Waals surface area (Å²) in [6.07, 6.45) is 0.412. The number of carbonyl (C=O) groups excluding carboxylic acids is 1. The summed E-state index contributed by atoms with van der Waals surface area (Å²) in [7, 11) is 0. The predicted molar refractivity (Wildman–Crippen MR) is 77.4 cm³/mol. The molecule has 0 fully saturated rings. The van der Waals surface area contributed by atoms with Crippen LogP contribution in [0.5, 0.6) is 11.5 Å². The maximum Gasteiger partial charge on any atom is 0.339 e. The van der Waals surface area contributed by atoms with Gasteiger partial charge >= 0.3 is 11.9 Å². The summed E-state index contributed by atoms with van der Waals surface area (Å²) in [5.74, 6) is -0.899. The van der Waals surface area contributed by atoms with Gasteiger partial charge in [0.1, 0.15) is 17.1 Å². The third-order valence-electron chi connectivity index (χ3n) is 2.40. The van der Waals surface area contributed by atoms with Crippen molar-refractivity contribution in [2.24, 2.45) is 0 Å². The minimum absolute atomic E-state index is 0.0671. The van der Waals surface area contributed by atoms with Crippen molar-refractivity contribution in [3.63, 3.8) is 0 Å². The van der Waals surface area contributed by atoms with E-state index in [4.69, 9.17) is 14.9 Å². The molecule has 0 amide bonds. The fourth-order valence-corrected chi connectivity index (χ4v) is 1.35. The molecule has 21 heavy (non-hydrogen) atoms. The average Bonchev–Trinajstić information content (AvgIpc) is 2.49. The molecule has 0 spiro atoms. The highest BCUT2D eigenvalue weighted by Crippen LogP contribution is 2.14. The number of benzene rings is 2. The zero-order valence-electron chi connectivity index (χ0n) is 11.5. The van der Waals surface area contributed by atoms with Crippen LogP contribution in [0.4, 0.5) is 0 Å². The van der Waals surface area contributed by atoms with E-state index in [-0.39, 0.29) is 17.3 Å². The quantitative estimate of drug-likeness (QED) is 0.669. The van der Waals surface area contributed by atoms with Crippen molar-refractivity contribution in [1.82, 2.24) is 0 Å². The number of aromatic hydroxyl groups is 1. The van der Waals surface area contributed by atoms with Crippen LogP contribution in [0.2, 0.25) is 0 Å². The zero-order valence-corrected chi connectivity index (χ0v) is 11.5. The van der Waals surface area contributed by atoms with Crippen LogP contribution in [-0.2, 0) is 4.79 Å². The van der Waals surface area contributed by atoms with Gasteiger partial charge in [-0.15, -0.1) is 0 Å². The van der Waals surface area contributed by atoms with Gasteiger partial charge in [-0.2, -0.15) is 0 Å². The predicted octanol–water partition coefficient (Wildman–Crippen LogP) is 3.09. The molecule has 0 saturated heterocycles. The number of carboxylic acid groups (broad SMARTS) is 1. The number of ether oxygens (including phenoxy) is 1. The van der Waals surface area contributed by atoms with Gasteiger partial charge in [0.25, 0.3) is 0 Å². The first-order chi connectivity index (χ1) is 10.0. The second-order valence-corrected chi connectivity index (χ2v) is 3.96. The minimum Gasteiger partial charge on any atom is -0.507 e. The Morgan fingerprint density at radius 3 is 2.05 bits per heavy atom. The van der Waals surface area contributed by atoms with Crippen molar-refractivity contribution in [3.8, 4) is 11.5 Å². The van der Waals surface area contributed by atoms with Crippen LogP contribution in [0.15, 0.2) is 54.6 Å². The maximum absolute atomic E-state index is 10.8. The van der Waals surface area contributed by atoms with Gasteiger partial charge in [-0.1, -0.05) is 37.3 Å². The third kappa shape index (κ3) is 5.78. The molecule has 0 atom stereocenters. The van der Waals surface area contributed by atoms with E-state index >= 15 is 0 Å². The van der Waals surface area contributed by atoms with Gasteiger partial charge in [-0.25, -0.2) is 4.79 Å². The summed E-state index contributed by atoms with van der Waals surface area (Å²) in [6, 6.07) is 14.9. The molecule has 2 N–H and O–H groups in total. The lowest BCUT2D eigenvalue weighted by Crippen LogP contribution is -2.04. The Labute approximate surface area is 122 Å². The van der Waals surface area contributed by atoms with E-state index in [2.05, 4.69) is 0 Å². The fourth-order valence-electron chi connectivity index (χ4n) is 1.35. The molecule has 2 aromatic rings. The van der Waals surface area contributed by atoms with Crippen LogP contribution in [0, 0.1) is 0 Å². The van der Waals surface area contributed by atoms with Gasteiger partial charge in [0, 0.05) is 6.42 Å². The summed E-state index contributed by atoms with van der Waals surface area (Å²) < 4.78 is 4.92. The van der Waals surface area contributed by atoms with Gasteiger partial charge in [0.2, 0.25) is 0 Å². The number of esters is 1. The van der Waals surface area contributed by atoms with Crippen LogP contribution in [0.1, 0.15) is 23.7 Å². The van der Waals surface area contributed by atoms with Crippen LogP contribution in [-0.4, -0.2) is 22.2 Å². The molecule has 0 aliphatic rings. The summed E-state index contributed by atoms with van der Waals surface area (Å²) in [6.45, 7) is 1.77. The maximum atomic E-state index is 10.8. The Morgan fingerprint density at radius 1 is 1.00 bits per heavy atom. The number of aromatic carboxylic acids is 1. The highest BCUT2D eigenvalue weighted by atomic mass is 16.5. The summed E-state index contributed by atoms with van der Waals surface area (Å²) in [5.41, 5.74) is -0.0671. The van der Waals surface area contributed by atoms with Crippen molar-refractivity contribution in [3.05, 3.63) is 60.2 Å². The Hall–Kier alpha value is -2.82. The van der Waals surface area contributed by atoms with E-state index in [1.54, 1.807) is 31.2 Å². The Morgan fingerprint density at radius 2 is 1.57 bits per heavy atom. The Kier molecular flexibility index (Phi) is 6.47. The molecule has 5 nitrogen and oxygen atoms in total. The topological polar surface area (TPSA) is 83.8 Å². The van der Waals surface area contributed by atoms with Crippen molar-refractivity contribution >= 4 is 11.9 Å². The molecule has 2 aromatic carbocycles. The summed E-state index contributed by atoms with van der Waals surface area (Å²) in [5, 5.41) is 17.3. The van der Waals surface area contributed by atoms with E-state index in [0.717, 1.165) is 0 Å². The molecule has 5 heteroatoms. The molecule has 0 saturated carbocycles. The minimum atomic E-state index is -1.11. The number of hydrogen-bond donors (Lipinski definition) is 2. The number of carboxylic acids is 1. The summed E-state index contributed by atoms with van der Waals surface area (Å²) >= 11 is 0. The molecular formula is C16H16O5. The number of para-hydroxylation sites is 2. The largest absolute Gasteiger partial charge is 0.507 e. The SMILES string of the molecule is CCC(=O)Oc1ccccc1.O=C(O)c1ccccc1O. The van der Waals surface area contributed by atoms with Gasteiger partial charge in [-0.3, -0.25) is 4.79 Å². The number of phenols is 1. The first-order valence-corrected chi connectivity index (χ1v) is 6.31. The Bertz CT molecular complexity index is 593. The normalized spacial score (nSPS) is 9.19. The lowest BCUT2D eigenvalue weighted by atomic mass is 10.2. The monoisotopic (exact) mass is 288 g/mol. The van der Waals surface area contributed by atoms with Crippen LogP contribution < -0.4 is 4.74 Å². The van der Waals surface area contributed by atoms with E-state index in [9.17, 15) is 9.59 Å². The van der Waals surface area contributed by atoms with Crippen molar-refractivity contribution in [2.75, 3.05) is 0 Å². The van der Waals surface area contributed by atoms with Gasteiger partial charge in [-0.05, 0) is 24.3 Å². The second kappa shape index (κ2) is 8.37. The zero-order chi connectivity index (χ0) is 15.7. The second-order valence-electron chi connectivity index (χ2n) is 3.96. The van der Waals surface area contributed by atoms with Crippen LogP contribution in [0.3, 0.4) is 0 Å². The standard InChI is InChI=1S/C9H10O2.C7H6O3/c1-2-9(10)11-8-6-4-3-5-7-8;8-6-4-2-1-3-5(6)7(9)10/h3-7H,2H2,1H3;1-4,8H,(H,9,10). The van der Waals surface area contributed by atoms with Crippen molar-refractivity contribution < 1.29 is 24.5 Å². The lowest BCUT2D eigenvalue weighted by molar-refractivity contribution is -0.134. The highest BCUT2D eigenvalue weighted by Gasteiger charge is 2.05. The molecule has 2 rings (SSSR count). The molecule has 0 radical (unpaired) electrons. The third-order valence-corrected chi connectivity index (χ3v) is 2.40. The molecule has 0 aromatic heterocycles. The summed E-state index contributed by atoms with van der Waals surface area (Å²) in [4.78, 5) is 21.0. The van der Waals surface area contributed by atoms with Gasteiger partial charge < -0.3 is 14.9 Å². The van der Waals surface area contributed by atoms with Crippen molar-refractivity contribution in [2.45, 2.75) is 13.3 Å². The van der Waals surface area contributed by atoms with Crippen LogP contribution in [0.25, 0.3) is 0 Å². The molecule has 110 valence electrons. The number of hydrogen-bond acceptors (Lipinski definition) is 4. The Balaban J connectivity index is 0.000000211. The lowest BCUT2D eigenvalue weighted by Gasteiger charge is -1.99. The first-order valence-electron chi connectivity index (χ1n) is 6.31. The van der Waals surface area contributed by atoms with E-state index in [1.165, 1.54) is 12.1 Å². The molecule has 0 heterocycles. The molecule has 0 unspecified atom stereocenters.